The van der Waals surface area contributed by atoms with Gasteiger partial charge < -0.3 is 15.4 Å². The van der Waals surface area contributed by atoms with Crippen LogP contribution in [0.3, 0.4) is 0 Å². The minimum atomic E-state index is -0.519. The van der Waals surface area contributed by atoms with Crippen molar-refractivity contribution in [1.82, 2.24) is 15.6 Å². The predicted molar refractivity (Wildman–Crippen MR) is 95.3 cm³/mol. The normalized spacial score (nSPS) is 27.6. The van der Waals surface area contributed by atoms with Crippen LogP contribution >= 0.6 is 0 Å². The van der Waals surface area contributed by atoms with E-state index in [-0.39, 0.29) is 29.9 Å². The van der Waals surface area contributed by atoms with E-state index in [1.807, 2.05) is 18.2 Å². The van der Waals surface area contributed by atoms with Gasteiger partial charge in [-0.25, -0.2) is 4.98 Å². The number of ether oxygens (including phenoxy) is 1. The molecule has 1 aliphatic heterocycles. The Morgan fingerprint density at radius 1 is 1.15 bits per heavy atom. The third-order valence-electron chi connectivity index (χ3n) is 5.22. The molecule has 1 amide bonds. The number of nitrogens with zero attached hydrogens (tertiary/aromatic N) is 1. The molecule has 2 atom stereocenters. The van der Waals surface area contributed by atoms with Crippen molar-refractivity contribution >= 4 is 5.91 Å². The second-order valence-corrected chi connectivity index (χ2v) is 7.02. The fourth-order valence-corrected chi connectivity index (χ4v) is 3.72. The molecule has 0 spiro atoms. The fourth-order valence-electron chi connectivity index (χ4n) is 3.72. The molecule has 2 aliphatic rings. The van der Waals surface area contributed by atoms with Gasteiger partial charge in [-0.05, 0) is 17.7 Å². The zero-order valence-electron chi connectivity index (χ0n) is 14.4. The van der Waals surface area contributed by atoms with Gasteiger partial charge in [0.1, 0.15) is 11.9 Å². The topological polar surface area (TPSA) is 63.2 Å². The highest BCUT2D eigenvalue weighted by molar-refractivity contribution is 5.81. The van der Waals surface area contributed by atoms with Crippen LogP contribution in [0, 0.1) is 11.9 Å². The van der Waals surface area contributed by atoms with E-state index < -0.39 is 5.95 Å². The highest BCUT2D eigenvalue weighted by atomic mass is 19.1. The number of halogens is 1. The van der Waals surface area contributed by atoms with Crippen LogP contribution in [0.2, 0.25) is 0 Å². The summed E-state index contributed by atoms with van der Waals surface area (Å²) in [6.07, 6.45) is 2.95. The van der Waals surface area contributed by atoms with E-state index in [0.717, 1.165) is 19.4 Å². The Hall–Kier alpha value is -2.47. The average molecular weight is 355 g/mol. The van der Waals surface area contributed by atoms with Crippen LogP contribution in [-0.4, -0.2) is 36.1 Å². The lowest BCUT2D eigenvalue weighted by Gasteiger charge is -2.36. The fraction of sp³-hybridized carbons (Fsp3) is 0.400. The van der Waals surface area contributed by atoms with E-state index in [9.17, 15) is 9.18 Å². The van der Waals surface area contributed by atoms with Crippen LogP contribution in [0.5, 0.6) is 5.75 Å². The maximum atomic E-state index is 12.8. The van der Waals surface area contributed by atoms with Crippen LogP contribution in [0.1, 0.15) is 24.3 Å². The second-order valence-electron chi connectivity index (χ2n) is 7.02. The van der Waals surface area contributed by atoms with Gasteiger partial charge in [0.2, 0.25) is 11.9 Å². The van der Waals surface area contributed by atoms with Gasteiger partial charge in [-0.3, -0.25) is 4.79 Å². The molecule has 1 aromatic heterocycles. The number of carbonyl (C=O) groups excluding carboxylic acids is 1. The number of pyridine rings is 1. The minimum absolute atomic E-state index is 0.0409. The summed E-state index contributed by atoms with van der Waals surface area (Å²) in [6.45, 7) is 1.54. The number of rotatable bonds is 5. The van der Waals surface area contributed by atoms with Crippen LogP contribution in [0.25, 0.3) is 0 Å². The van der Waals surface area contributed by atoms with Crippen molar-refractivity contribution in [3.05, 3.63) is 60.2 Å². The molecular weight excluding hydrogens is 333 g/mol. The Morgan fingerprint density at radius 2 is 1.96 bits per heavy atom. The summed E-state index contributed by atoms with van der Waals surface area (Å²) >= 11 is 0. The van der Waals surface area contributed by atoms with Gasteiger partial charge in [0.05, 0.1) is 12.1 Å². The summed E-state index contributed by atoms with van der Waals surface area (Å²) in [5, 5.41) is 6.48. The Kier molecular flexibility index (Phi) is 4.84. The molecule has 2 heterocycles. The average Bonchev–Trinajstić information content (AvgIpc) is 3.12. The van der Waals surface area contributed by atoms with Crippen molar-refractivity contribution in [3.8, 4) is 5.75 Å². The smallest absolute Gasteiger partial charge is 0.225 e. The monoisotopic (exact) mass is 355 g/mol. The molecule has 2 aromatic rings. The molecule has 136 valence electrons. The summed E-state index contributed by atoms with van der Waals surface area (Å²) in [7, 11) is 0. The van der Waals surface area contributed by atoms with Gasteiger partial charge in [0.15, 0.2) is 0 Å². The van der Waals surface area contributed by atoms with Gasteiger partial charge in [-0.1, -0.05) is 30.3 Å². The Bertz CT molecular complexity index is 747. The van der Waals surface area contributed by atoms with Gasteiger partial charge >= 0.3 is 0 Å². The number of amides is 1. The molecule has 0 bridgehead atoms. The molecule has 4 rings (SSSR count). The quantitative estimate of drug-likeness (QED) is 0.808. The maximum Gasteiger partial charge on any atom is 0.225 e. The van der Waals surface area contributed by atoms with Crippen molar-refractivity contribution in [2.45, 2.75) is 30.9 Å². The van der Waals surface area contributed by atoms with Gasteiger partial charge in [-0.2, -0.15) is 4.39 Å². The maximum absolute atomic E-state index is 12.8. The molecule has 1 aromatic carbocycles. The molecule has 1 saturated heterocycles. The molecule has 2 fully saturated rings. The van der Waals surface area contributed by atoms with Crippen LogP contribution < -0.4 is 15.4 Å². The molecule has 1 aliphatic carbocycles. The standard InChI is InChI=1S/C20H22FN3O2/c21-19-7-6-15(10-23-19)26-16-8-14(9-16)24-20(25)18-12-22-11-17(18)13-4-2-1-3-5-13/h1-7,10,14,16-18,22H,8-9,11-12H2,(H,24,25). The van der Waals surface area contributed by atoms with Crippen molar-refractivity contribution in [2.24, 2.45) is 5.92 Å². The summed E-state index contributed by atoms with van der Waals surface area (Å²) < 4.78 is 18.5. The number of nitrogens with one attached hydrogen (secondary N) is 2. The number of hydrogen-bond acceptors (Lipinski definition) is 4. The molecule has 26 heavy (non-hydrogen) atoms. The van der Waals surface area contributed by atoms with Crippen molar-refractivity contribution in [2.75, 3.05) is 13.1 Å². The highest BCUT2D eigenvalue weighted by Crippen LogP contribution is 2.30. The second kappa shape index (κ2) is 7.41. The molecule has 2 unspecified atom stereocenters. The number of carbonyl (C=O) groups is 1. The van der Waals surface area contributed by atoms with Crippen LogP contribution in [-0.2, 0) is 4.79 Å². The largest absolute Gasteiger partial charge is 0.489 e. The third-order valence-corrected chi connectivity index (χ3v) is 5.22. The Morgan fingerprint density at radius 3 is 2.69 bits per heavy atom. The first kappa shape index (κ1) is 17.0. The molecule has 6 heteroatoms. The molecule has 1 saturated carbocycles. The number of hydrogen-bond donors (Lipinski definition) is 2. The lowest BCUT2D eigenvalue weighted by atomic mass is 9.85. The molecular formula is C20H22FN3O2. The number of benzene rings is 1. The SMILES string of the molecule is O=C(NC1CC(Oc2ccc(F)nc2)C1)C1CNCC1c1ccccc1. The van der Waals surface area contributed by atoms with Gasteiger partial charge in [0.25, 0.3) is 0 Å². The summed E-state index contributed by atoms with van der Waals surface area (Å²) in [6, 6.07) is 13.2. The Balaban J connectivity index is 1.27. The van der Waals surface area contributed by atoms with Crippen molar-refractivity contribution in [3.63, 3.8) is 0 Å². The van der Waals surface area contributed by atoms with Crippen molar-refractivity contribution < 1.29 is 13.9 Å². The van der Waals surface area contributed by atoms with Gasteiger partial charge in [0, 0.05) is 37.9 Å². The zero-order valence-corrected chi connectivity index (χ0v) is 14.4. The first-order valence-electron chi connectivity index (χ1n) is 9.03. The summed E-state index contributed by atoms with van der Waals surface area (Å²) in [4.78, 5) is 16.3. The number of aromatic nitrogens is 1. The van der Waals surface area contributed by atoms with E-state index in [1.165, 1.54) is 17.8 Å². The first-order chi connectivity index (χ1) is 12.7. The summed E-state index contributed by atoms with van der Waals surface area (Å²) in [5.41, 5.74) is 1.20. The Labute approximate surface area is 152 Å². The summed E-state index contributed by atoms with van der Waals surface area (Å²) in [5.74, 6) is 0.322. The van der Waals surface area contributed by atoms with E-state index >= 15 is 0 Å². The first-order valence-corrected chi connectivity index (χ1v) is 9.03. The molecule has 0 radical (unpaired) electrons. The molecule has 5 nitrogen and oxygen atoms in total. The van der Waals surface area contributed by atoms with E-state index in [1.54, 1.807) is 6.07 Å². The zero-order chi connectivity index (χ0) is 17.9. The highest BCUT2D eigenvalue weighted by Gasteiger charge is 2.38. The van der Waals surface area contributed by atoms with Crippen molar-refractivity contribution in [1.29, 1.82) is 0 Å². The minimum Gasteiger partial charge on any atom is -0.489 e. The predicted octanol–water partition coefficient (Wildman–Crippen LogP) is 2.25. The van der Waals surface area contributed by atoms with E-state index in [0.29, 0.717) is 12.3 Å². The third kappa shape index (κ3) is 3.70. The van der Waals surface area contributed by atoms with E-state index in [2.05, 4.69) is 27.8 Å². The molecule has 2 N–H and O–H groups in total. The lowest BCUT2D eigenvalue weighted by molar-refractivity contribution is -0.126. The van der Waals surface area contributed by atoms with Crippen LogP contribution in [0.4, 0.5) is 4.39 Å². The lowest BCUT2D eigenvalue weighted by Crippen LogP contribution is -2.51. The van der Waals surface area contributed by atoms with Crippen LogP contribution in [0.15, 0.2) is 48.7 Å². The van der Waals surface area contributed by atoms with Gasteiger partial charge in [-0.15, -0.1) is 0 Å². The van der Waals surface area contributed by atoms with E-state index in [4.69, 9.17) is 4.74 Å².